The number of aliphatic hydroxyl groups is 1. The topological polar surface area (TPSA) is 343 Å². The number of primary amides is 1. The number of aliphatic hydroxyl groups excluding tert-OH is 1. The van der Waals surface area contributed by atoms with Gasteiger partial charge in [0.15, 0.2) is 23.1 Å². The highest BCUT2D eigenvalue weighted by Gasteiger charge is 2.36. The number of hydrogen-bond acceptors (Lipinski definition) is 14. The zero-order chi connectivity index (χ0) is 62.8. The van der Waals surface area contributed by atoms with Gasteiger partial charge in [-0.25, -0.2) is 0 Å². The Morgan fingerprint density at radius 3 is 1.09 bits per heavy atom. The summed E-state index contributed by atoms with van der Waals surface area (Å²) in [6.07, 6.45) is 3.50. The normalized spacial score (nSPS) is 14.6. The molecular weight excluding hydrogens is 1080 g/mol. The molecule has 5 amide bonds. The van der Waals surface area contributed by atoms with Crippen molar-refractivity contribution < 1.29 is 53.1 Å². The van der Waals surface area contributed by atoms with Crippen LogP contribution in [-0.2, 0) is 67.2 Å². The Morgan fingerprint density at radius 2 is 0.753 bits per heavy atom. The lowest BCUT2D eigenvalue weighted by Crippen LogP contribution is -2.50. The fraction of sp³-hybridized carbons (Fsp3) is 0.576. The molecule has 19 heteroatoms. The van der Waals surface area contributed by atoms with Crippen LogP contribution in [0.2, 0.25) is 0 Å². The van der Waals surface area contributed by atoms with Crippen molar-refractivity contribution in [2.75, 3.05) is 26.2 Å². The summed E-state index contributed by atoms with van der Waals surface area (Å²) in [5, 5.41) is 21.3. The summed E-state index contributed by atoms with van der Waals surface area (Å²) in [6.45, 7) is 9.09. The van der Waals surface area contributed by atoms with Gasteiger partial charge in [0.1, 0.15) is 5.78 Å². The molecule has 0 aliphatic carbocycles. The molecule has 0 aliphatic rings. The summed E-state index contributed by atoms with van der Waals surface area (Å²) in [4.78, 5) is 140. The molecular formula is C66H98N8O11. The number of nitrogens with two attached hydrogens (primary N) is 4. The van der Waals surface area contributed by atoms with Crippen LogP contribution in [-0.4, -0.2) is 114 Å². The van der Waals surface area contributed by atoms with Crippen molar-refractivity contribution in [2.45, 2.75) is 174 Å². The number of benzene rings is 3. The predicted octanol–water partition coefficient (Wildman–Crippen LogP) is 5.12. The third-order valence-corrected chi connectivity index (χ3v) is 15.3. The van der Waals surface area contributed by atoms with E-state index in [1.54, 1.807) is 54.6 Å². The van der Waals surface area contributed by atoms with Crippen LogP contribution in [0.3, 0.4) is 0 Å². The van der Waals surface area contributed by atoms with Gasteiger partial charge in [-0.05, 0) is 106 Å². The van der Waals surface area contributed by atoms with Crippen molar-refractivity contribution in [3.63, 3.8) is 0 Å². The number of ketones is 5. The Morgan fingerprint density at radius 1 is 0.424 bits per heavy atom. The van der Waals surface area contributed by atoms with Gasteiger partial charge in [0.05, 0.1) is 36.7 Å². The number of amides is 5. The first kappa shape index (κ1) is 72.5. The molecule has 0 aliphatic heterocycles. The SMILES string of the molecule is CCCCCCC(=O)C[C@@H](CCN)C(=O)N[C@@H](Cc1ccccc1)C(=O)C[C@@H](CCN)C(=O)N[C@H](Cc1ccccc1)C(=O)C[C@@H](CC(C)C)C(=O)N[C@@H](CCN)C(=O)C[C@H](CC(C)C)C(=O)N[C@@H](Cc1ccccc1)C(=O)C[C@@H](CO)C(N)=O. The molecule has 9 atom stereocenters. The van der Waals surface area contributed by atoms with Crippen molar-refractivity contribution >= 4 is 58.5 Å². The zero-order valence-corrected chi connectivity index (χ0v) is 50.9. The molecule has 3 rings (SSSR count). The minimum Gasteiger partial charge on any atom is -0.396 e. The monoisotopic (exact) mass is 1180 g/mol. The van der Waals surface area contributed by atoms with Crippen LogP contribution in [0.15, 0.2) is 91.0 Å². The predicted molar refractivity (Wildman–Crippen MR) is 329 cm³/mol. The fourth-order valence-electron chi connectivity index (χ4n) is 10.6. The van der Waals surface area contributed by atoms with Gasteiger partial charge in [0, 0.05) is 62.2 Å². The van der Waals surface area contributed by atoms with E-state index in [1.807, 2.05) is 64.1 Å². The Bertz CT molecular complexity index is 2570. The number of unbranched alkanes of at least 4 members (excludes halogenated alkanes) is 3. The molecule has 468 valence electrons. The molecule has 0 aromatic heterocycles. The first-order valence-corrected chi connectivity index (χ1v) is 30.6. The standard InChI is InChI=1S/C66H98N8O11/c1-6-7-8-18-25-53(76)37-48(26-29-67)63(82)72-55(34-45-19-12-9-13-20-45)59(78)38-49(27-30-68)64(83)73-56(35-46-21-14-10-15-22-46)60(79)40-51(33-44(4)5)65(84)71-54(28-31-69)58(77)39-50(32-43(2)3)66(85)74-57(36-47-23-16-11-17-24-47)61(80)41-52(42-75)62(70)81/h9-17,19-24,43-44,48-52,54-57,75H,6-8,18,25-42,67-69H2,1-5H3,(H2,70,81)(H,71,84)(H,72,82)(H,73,83)(H,74,85)/t48-,49-,50+,51-,52+,54+,55+,56-,57+/m1/s1. The van der Waals surface area contributed by atoms with E-state index in [4.69, 9.17) is 22.9 Å². The average Bonchev–Trinajstić information content (AvgIpc) is 3.59. The lowest BCUT2D eigenvalue weighted by Gasteiger charge is -2.27. The van der Waals surface area contributed by atoms with Crippen LogP contribution < -0.4 is 44.2 Å². The molecule has 0 saturated heterocycles. The maximum absolute atomic E-state index is 14.8. The number of nitrogens with one attached hydrogen (secondary N) is 4. The lowest BCUT2D eigenvalue weighted by molar-refractivity contribution is -0.136. The van der Waals surface area contributed by atoms with E-state index >= 15 is 0 Å². The summed E-state index contributed by atoms with van der Waals surface area (Å²) in [5.41, 5.74) is 25.7. The van der Waals surface area contributed by atoms with Crippen LogP contribution in [0.4, 0.5) is 0 Å². The van der Waals surface area contributed by atoms with Crippen LogP contribution in [0, 0.1) is 41.4 Å². The second-order valence-corrected chi connectivity index (χ2v) is 23.6. The van der Waals surface area contributed by atoms with Gasteiger partial charge in [-0.2, -0.15) is 0 Å². The molecule has 85 heavy (non-hydrogen) atoms. The third-order valence-electron chi connectivity index (χ3n) is 15.3. The number of carbonyl (C=O) groups excluding carboxylic acids is 10. The maximum Gasteiger partial charge on any atom is 0.224 e. The van der Waals surface area contributed by atoms with Crippen LogP contribution in [0.25, 0.3) is 0 Å². The van der Waals surface area contributed by atoms with E-state index in [0.29, 0.717) is 17.5 Å². The smallest absolute Gasteiger partial charge is 0.224 e. The zero-order valence-electron chi connectivity index (χ0n) is 50.9. The first-order valence-electron chi connectivity index (χ1n) is 30.6. The molecule has 13 N–H and O–H groups in total. The number of hydrogen-bond donors (Lipinski definition) is 9. The minimum atomic E-state index is -1.18. The van der Waals surface area contributed by atoms with Gasteiger partial charge in [-0.15, -0.1) is 0 Å². The van der Waals surface area contributed by atoms with E-state index in [9.17, 15) is 53.1 Å². The molecule has 0 bridgehead atoms. The van der Waals surface area contributed by atoms with E-state index in [1.165, 1.54) is 0 Å². The minimum absolute atomic E-state index is 0.00466. The summed E-state index contributed by atoms with van der Waals surface area (Å²) in [5.74, 6) is -10.3. The van der Waals surface area contributed by atoms with Crippen molar-refractivity contribution in [3.8, 4) is 0 Å². The van der Waals surface area contributed by atoms with Crippen LogP contribution >= 0.6 is 0 Å². The average molecular weight is 1180 g/mol. The highest BCUT2D eigenvalue weighted by molar-refractivity contribution is 5.98. The van der Waals surface area contributed by atoms with Gasteiger partial charge >= 0.3 is 0 Å². The first-order chi connectivity index (χ1) is 40.6. The second kappa shape index (κ2) is 39.7. The number of rotatable bonds is 45. The van der Waals surface area contributed by atoms with Crippen molar-refractivity contribution in [1.29, 1.82) is 0 Å². The van der Waals surface area contributed by atoms with Gasteiger partial charge in [0.2, 0.25) is 29.5 Å². The maximum atomic E-state index is 14.8. The summed E-state index contributed by atoms with van der Waals surface area (Å²) in [7, 11) is 0. The summed E-state index contributed by atoms with van der Waals surface area (Å²) < 4.78 is 0. The molecule has 0 radical (unpaired) electrons. The quantitative estimate of drug-likeness (QED) is 0.0332. The Hall–Kier alpha value is -6.80. The fourth-order valence-corrected chi connectivity index (χ4v) is 10.6. The molecule has 0 heterocycles. The number of Topliss-reactive ketones (excluding diaryl/α,β-unsaturated/α-hetero) is 5. The highest BCUT2D eigenvalue weighted by atomic mass is 16.3. The van der Waals surface area contributed by atoms with Crippen molar-refractivity contribution in [1.82, 2.24) is 21.3 Å². The van der Waals surface area contributed by atoms with Crippen LogP contribution in [0.1, 0.15) is 148 Å². The Kier molecular flexibility index (Phi) is 33.9. The molecule has 0 spiro atoms. The molecule has 3 aromatic rings. The highest BCUT2D eigenvalue weighted by Crippen LogP contribution is 2.24. The Labute approximate surface area is 503 Å². The second-order valence-electron chi connectivity index (χ2n) is 23.6. The molecule has 0 fully saturated rings. The Balaban J connectivity index is 1.90. The summed E-state index contributed by atoms with van der Waals surface area (Å²) in [6, 6.07) is 22.4. The van der Waals surface area contributed by atoms with E-state index < -0.39 is 119 Å². The van der Waals surface area contributed by atoms with Crippen molar-refractivity contribution in [2.24, 2.45) is 64.4 Å². The van der Waals surface area contributed by atoms with Gasteiger partial charge < -0.3 is 49.3 Å². The van der Waals surface area contributed by atoms with E-state index in [0.717, 1.165) is 31.2 Å². The largest absolute Gasteiger partial charge is 0.396 e. The van der Waals surface area contributed by atoms with Gasteiger partial charge in [0.25, 0.3) is 0 Å². The third kappa shape index (κ3) is 27.4. The molecule has 3 aromatic carbocycles. The lowest BCUT2D eigenvalue weighted by atomic mass is 9.86. The van der Waals surface area contributed by atoms with Gasteiger partial charge in [-0.1, -0.05) is 145 Å². The summed E-state index contributed by atoms with van der Waals surface area (Å²) >= 11 is 0. The molecule has 0 saturated carbocycles. The van der Waals surface area contributed by atoms with Gasteiger partial charge in [-0.3, -0.25) is 47.9 Å². The number of carbonyl (C=O) groups is 10. The van der Waals surface area contributed by atoms with Crippen LogP contribution in [0.5, 0.6) is 0 Å². The van der Waals surface area contributed by atoms with E-state index in [2.05, 4.69) is 28.2 Å². The van der Waals surface area contributed by atoms with E-state index in [-0.39, 0.29) is 114 Å². The molecule has 19 nitrogen and oxygen atoms in total. The molecule has 0 unspecified atom stereocenters. The van der Waals surface area contributed by atoms with Crippen molar-refractivity contribution in [3.05, 3.63) is 108 Å².